The minimum Gasteiger partial charge on any atom is -0.356 e. The number of piperidine rings is 1. The van der Waals surface area contributed by atoms with E-state index in [1.54, 1.807) is 4.52 Å². The van der Waals surface area contributed by atoms with Crippen molar-refractivity contribution in [1.29, 1.82) is 0 Å². The van der Waals surface area contributed by atoms with Gasteiger partial charge in [0.25, 0.3) is 5.92 Å². The summed E-state index contributed by atoms with van der Waals surface area (Å²) in [5.74, 6) is -1.68. The number of rotatable bonds is 1. The highest BCUT2D eigenvalue weighted by atomic mass is 19.3. The fourth-order valence-electron chi connectivity index (χ4n) is 2.48. The van der Waals surface area contributed by atoms with Gasteiger partial charge in [0.15, 0.2) is 5.65 Å². The Morgan fingerprint density at radius 2 is 1.79 bits per heavy atom. The predicted octanol–water partition coefficient (Wildman–Crippen LogP) is 2.58. The maximum absolute atomic E-state index is 13.2. The van der Waals surface area contributed by atoms with Crippen LogP contribution < -0.4 is 4.90 Å². The standard InChI is InChI=1S/C13H16F2N4/c1-9-8-12(18-5-3-13(14,15)4-6-18)19-11(16-9)7-10(2)17-19/h7-8H,3-6H2,1-2H3. The van der Waals surface area contributed by atoms with Crippen molar-refractivity contribution < 1.29 is 8.78 Å². The second kappa shape index (κ2) is 4.15. The normalized spacial score (nSPS) is 19.1. The van der Waals surface area contributed by atoms with Gasteiger partial charge in [-0.25, -0.2) is 13.8 Å². The summed E-state index contributed by atoms with van der Waals surface area (Å²) < 4.78 is 28.2. The minimum absolute atomic E-state index is 0.101. The topological polar surface area (TPSA) is 33.4 Å². The second-order valence-electron chi connectivity index (χ2n) is 5.15. The summed E-state index contributed by atoms with van der Waals surface area (Å²) in [6.07, 6.45) is -0.202. The van der Waals surface area contributed by atoms with Crippen molar-refractivity contribution in [3.8, 4) is 0 Å². The number of alkyl halides is 2. The molecule has 0 saturated carbocycles. The van der Waals surface area contributed by atoms with Gasteiger partial charge in [0.05, 0.1) is 5.69 Å². The molecule has 2 aromatic heterocycles. The van der Waals surface area contributed by atoms with E-state index in [0.717, 1.165) is 22.9 Å². The fraction of sp³-hybridized carbons (Fsp3) is 0.538. The summed E-state index contributed by atoms with van der Waals surface area (Å²) in [5, 5.41) is 4.39. The van der Waals surface area contributed by atoms with Crippen LogP contribution in [0.1, 0.15) is 24.2 Å². The molecule has 0 radical (unpaired) electrons. The van der Waals surface area contributed by atoms with Gasteiger partial charge in [-0.05, 0) is 13.8 Å². The number of aromatic nitrogens is 3. The predicted molar refractivity (Wildman–Crippen MR) is 68.9 cm³/mol. The number of fused-ring (bicyclic) bond motifs is 1. The van der Waals surface area contributed by atoms with Crippen LogP contribution in [0.3, 0.4) is 0 Å². The summed E-state index contributed by atoms with van der Waals surface area (Å²) >= 11 is 0. The smallest absolute Gasteiger partial charge is 0.251 e. The highest BCUT2D eigenvalue weighted by Gasteiger charge is 2.34. The molecule has 0 aliphatic carbocycles. The molecule has 1 aliphatic heterocycles. The minimum atomic E-state index is -2.53. The first-order chi connectivity index (χ1) is 8.94. The summed E-state index contributed by atoms with van der Waals surface area (Å²) in [4.78, 5) is 6.37. The molecule has 0 atom stereocenters. The first kappa shape index (κ1) is 12.3. The lowest BCUT2D eigenvalue weighted by atomic mass is 10.1. The zero-order valence-electron chi connectivity index (χ0n) is 11.0. The van der Waals surface area contributed by atoms with Gasteiger partial charge >= 0.3 is 0 Å². The van der Waals surface area contributed by atoms with E-state index in [1.807, 2.05) is 30.9 Å². The van der Waals surface area contributed by atoms with Crippen molar-refractivity contribution in [3.05, 3.63) is 23.5 Å². The van der Waals surface area contributed by atoms with Gasteiger partial charge in [-0.2, -0.15) is 9.61 Å². The Labute approximate surface area is 110 Å². The van der Waals surface area contributed by atoms with Crippen LogP contribution in [0.15, 0.2) is 12.1 Å². The average Bonchev–Trinajstić information content (AvgIpc) is 2.68. The maximum Gasteiger partial charge on any atom is 0.251 e. The summed E-state index contributed by atoms with van der Waals surface area (Å²) in [5.41, 5.74) is 2.52. The van der Waals surface area contributed by atoms with Crippen LogP contribution in [0.25, 0.3) is 5.65 Å². The Kier molecular flexibility index (Phi) is 2.69. The van der Waals surface area contributed by atoms with Gasteiger partial charge in [-0.3, -0.25) is 0 Å². The van der Waals surface area contributed by atoms with Gasteiger partial charge in [0, 0.05) is 43.8 Å². The molecule has 1 aliphatic rings. The third-order valence-electron chi connectivity index (χ3n) is 3.48. The van der Waals surface area contributed by atoms with E-state index < -0.39 is 5.92 Å². The van der Waals surface area contributed by atoms with Crippen molar-refractivity contribution in [2.75, 3.05) is 18.0 Å². The van der Waals surface area contributed by atoms with Crippen LogP contribution >= 0.6 is 0 Å². The van der Waals surface area contributed by atoms with Crippen LogP contribution in [-0.2, 0) is 0 Å². The Bertz CT molecular complexity index is 610. The zero-order chi connectivity index (χ0) is 13.6. The van der Waals surface area contributed by atoms with Crippen molar-refractivity contribution in [1.82, 2.24) is 14.6 Å². The largest absolute Gasteiger partial charge is 0.356 e. The quantitative estimate of drug-likeness (QED) is 0.795. The van der Waals surface area contributed by atoms with Gasteiger partial charge in [-0.15, -0.1) is 0 Å². The summed E-state index contributed by atoms with van der Waals surface area (Å²) in [6, 6.07) is 3.80. The molecule has 0 bridgehead atoms. The van der Waals surface area contributed by atoms with Crippen LogP contribution in [0.2, 0.25) is 0 Å². The molecule has 3 rings (SSSR count). The second-order valence-corrected chi connectivity index (χ2v) is 5.15. The van der Waals surface area contributed by atoms with Crippen LogP contribution in [0, 0.1) is 13.8 Å². The van der Waals surface area contributed by atoms with Crippen molar-refractivity contribution in [2.24, 2.45) is 0 Å². The van der Waals surface area contributed by atoms with Gasteiger partial charge in [0.1, 0.15) is 5.82 Å². The van der Waals surface area contributed by atoms with Crippen LogP contribution in [-0.4, -0.2) is 33.6 Å². The molecule has 102 valence electrons. The third-order valence-corrected chi connectivity index (χ3v) is 3.48. The van der Waals surface area contributed by atoms with Crippen LogP contribution in [0.4, 0.5) is 14.6 Å². The molecule has 0 aromatic carbocycles. The molecule has 0 amide bonds. The highest BCUT2D eigenvalue weighted by molar-refractivity contribution is 5.52. The van der Waals surface area contributed by atoms with Crippen LogP contribution in [0.5, 0.6) is 0 Å². The fourth-order valence-corrected chi connectivity index (χ4v) is 2.48. The summed E-state index contributed by atoms with van der Waals surface area (Å²) in [6.45, 7) is 4.51. The molecule has 0 spiro atoms. The van der Waals surface area contributed by atoms with E-state index in [-0.39, 0.29) is 12.8 Å². The van der Waals surface area contributed by atoms with E-state index in [4.69, 9.17) is 0 Å². The lowest BCUT2D eigenvalue weighted by Crippen LogP contribution is -2.40. The number of nitrogens with zero attached hydrogens (tertiary/aromatic N) is 4. The molecular weight excluding hydrogens is 250 g/mol. The van der Waals surface area contributed by atoms with Gasteiger partial charge in [-0.1, -0.05) is 0 Å². The van der Waals surface area contributed by atoms with E-state index >= 15 is 0 Å². The average molecular weight is 266 g/mol. The van der Waals surface area contributed by atoms with Crippen molar-refractivity contribution in [3.63, 3.8) is 0 Å². The molecule has 0 unspecified atom stereocenters. The molecule has 0 N–H and O–H groups in total. The lowest BCUT2D eigenvalue weighted by Gasteiger charge is -2.33. The first-order valence-electron chi connectivity index (χ1n) is 6.41. The molecular formula is C13H16F2N4. The number of hydrogen-bond acceptors (Lipinski definition) is 3. The Morgan fingerprint density at radius 1 is 1.11 bits per heavy atom. The maximum atomic E-state index is 13.2. The summed E-state index contributed by atoms with van der Waals surface area (Å²) in [7, 11) is 0. The van der Waals surface area contributed by atoms with Gasteiger partial charge in [0.2, 0.25) is 0 Å². The Morgan fingerprint density at radius 3 is 2.47 bits per heavy atom. The van der Waals surface area contributed by atoms with E-state index in [0.29, 0.717) is 13.1 Å². The lowest BCUT2D eigenvalue weighted by molar-refractivity contribution is -0.0222. The number of anilines is 1. The van der Waals surface area contributed by atoms with Gasteiger partial charge < -0.3 is 4.90 Å². The SMILES string of the molecule is Cc1cc(N2CCC(F)(F)CC2)n2nc(C)cc2n1. The number of halogens is 2. The number of aryl methyl sites for hydroxylation is 2. The zero-order valence-corrected chi connectivity index (χ0v) is 11.0. The third kappa shape index (κ3) is 2.27. The van der Waals surface area contributed by atoms with E-state index in [2.05, 4.69) is 10.1 Å². The molecule has 6 heteroatoms. The molecule has 1 saturated heterocycles. The molecule has 3 heterocycles. The highest BCUT2D eigenvalue weighted by Crippen LogP contribution is 2.30. The Balaban J connectivity index is 2.00. The van der Waals surface area contributed by atoms with Crippen molar-refractivity contribution >= 4 is 11.5 Å². The molecule has 19 heavy (non-hydrogen) atoms. The Hall–Kier alpha value is -1.72. The van der Waals surface area contributed by atoms with E-state index in [9.17, 15) is 8.78 Å². The van der Waals surface area contributed by atoms with E-state index in [1.165, 1.54) is 0 Å². The van der Waals surface area contributed by atoms with Crippen molar-refractivity contribution in [2.45, 2.75) is 32.6 Å². The molecule has 1 fully saturated rings. The molecule has 2 aromatic rings. The number of hydrogen-bond donors (Lipinski definition) is 0. The first-order valence-corrected chi connectivity index (χ1v) is 6.41. The monoisotopic (exact) mass is 266 g/mol. The molecule has 4 nitrogen and oxygen atoms in total.